The van der Waals surface area contributed by atoms with Gasteiger partial charge in [0, 0.05) is 26.2 Å². The highest BCUT2D eigenvalue weighted by Gasteiger charge is 2.31. The normalized spacial score (nSPS) is 16.2. The molecule has 5 nitrogen and oxygen atoms in total. The number of carbonyl (C=O) groups excluding carboxylic acids is 1. The van der Waals surface area contributed by atoms with Crippen molar-refractivity contribution < 1.29 is 23.5 Å². The van der Waals surface area contributed by atoms with Crippen LogP contribution in [0.25, 0.3) is 0 Å². The summed E-state index contributed by atoms with van der Waals surface area (Å²) >= 11 is 0. The predicted molar refractivity (Wildman–Crippen MR) is 99.6 cm³/mol. The number of halogens is 2. The van der Waals surface area contributed by atoms with E-state index in [0.29, 0.717) is 26.2 Å². The molecule has 1 N–H and O–H groups in total. The molecular weight excluding hydrogens is 366 g/mol. The lowest BCUT2D eigenvalue weighted by Gasteiger charge is -2.40. The summed E-state index contributed by atoms with van der Waals surface area (Å²) in [4.78, 5) is 27.0. The molecule has 1 aliphatic heterocycles. The fourth-order valence-corrected chi connectivity index (χ4v) is 3.48. The molecule has 148 valence electrons. The summed E-state index contributed by atoms with van der Waals surface area (Å²) in [6, 6.07) is 12.2. The van der Waals surface area contributed by atoms with E-state index in [1.807, 2.05) is 0 Å². The van der Waals surface area contributed by atoms with Crippen LogP contribution in [0.5, 0.6) is 0 Å². The maximum absolute atomic E-state index is 13.4. The second-order valence-corrected chi connectivity index (χ2v) is 6.93. The Morgan fingerprint density at radius 1 is 0.857 bits per heavy atom. The third-order valence-corrected chi connectivity index (χ3v) is 5.10. The minimum absolute atomic E-state index is 0.213. The van der Waals surface area contributed by atoms with Crippen LogP contribution in [0, 0.1) is 17.6 Å². The Labute approximate surface area is 162 Å². The highest BCUT2D eigenvalue weighted by atomic mass is 19.1. The van der Waals surface area contributed by atoms with Crippen LogP contribution in [-0.4, -0.2) is 53.0 Å². The number of aliphatic carboxylic acids is 1. The van der Waals surface area contributed by atoms with E-state index in [1.165, 1.54) is 31.2 Å². The van der Waals surface area contributed by atoms with Crippen LogP contribution in [0.15, 0.2) is 48.5 Å². The zero-order valence-electron chi connectivity index (χ0n) is 15.5. The van der Waals surface area contributed by atoms with Crippen molar-refractivity contribution in [3.63, 3.8) is 0 Å². The molecule has 1 fully saturated rings. The van der Waals surface area contributed by atoms with Gasteiger partial charge in [0.25, 0.3) is 0 Å². The van der Waals surface area contributed by atoms with Gasteiger partial charge in [0.2, 0.25) is 5.91 Å². The van der Waals surface area contributed by atoms with Crippen molar-refractivity contribution in [1.29, 1.82) is 0 Å². The molecule has 1 atom stereocenters. The van der Waals surface area contributed by atoms with Gasteiger partial charge in [-0.25, -0.2) is 8.78 Å². The summed E-state index contributed by atoms with van der Waals surface area (Å²) in [5.41, 5.74) is 1.73. The molecule has 7 heteroatoms. The average molecular weight is 388 g/mol. The molecule has 0 saturated carbocycles. The third-order valence-electron chi connectivity index (χ3n) is 5.10. The maximum Gasteiger partial charge on any atom is 0.315 e. The fourth-order valence-electron chi connectivity index (χ4n) is 3.48. The fraction of sp³-hybridized carbons (Fsp3) is 0.333. The smallest absolute Gasteiger partial charge is 0.315 e. The number of carboxylic acid groups (broad SMARTS) is 1. The van der Waals surface area contributed by atoms with Crippen molar-refractivity contribution in [3.8, 4) is 0 Å². The van der Waals surface area contributed by atoms with Gasteiger partial charge < -0.3 is 10.0 Å². The number of benzene rings is 2. The first kappa shape index (κ1) is 19.9. The average Bonchev–Trinajstić information content (AvgIpc) is 2.70. The van der Waals surface area contributed by atoms with E-state index in [0.717, 1.165) is 11.1 Å². The number of carboxylic acids is 1. The molecule has 1 saturated heterocycles. The third kappa shape index (κ3) is 4.36. The first-order valence-corrected chi connectivity index (χ1v) is 9.13. The molecule has 1 amide bonds. The molecule has 0 spiro atoms. The first-order chi connectivity index (χ1) is 13.4. The van der Waals surface area contributed by atoms with Crippen LogP contribution in [0.3, 0.4) is 0 Å². The topological polar surface area (TPSA) is 60.9 Å². The second-order valence-electron chi connectivity index (χ2n) is 6.93. The van der Waals surface area contributed by atoms with Crippen LogP contribution < -0.4 is 0 Å². The molecule has 2 aromatic carbocycles. The number of rotatable bonds is 5. The Bertz CT molecular complexity index is 786. The molecule has 1 unspecified atom stereocenters. The number of nitrogens with zero attached hydrogens (tertiary/aromatic N) is 2. The number of hydrogen-bond acceptors (Lipinski definition) is 3. The molecule has 0 bridgehead atoms. The number of hydrogen-bond donors (Lipinski definition) is 1. The quantitative estimate of drug-likeness (QED) is 0.801. The summed E-state index contributed by atoms with van der Waals surface area (Å²) in [6.45, 7) is 3.23. The zero-order valence-corrected chi connectivity index (χ0v) is 15.5. The summed E-state index contributed by atoms with van der Waals surface area (Å²) in [5, 5.41) is 9.05. The van der Waals surface area contributed by atoms with Gasteiger partial charge in [-0.2, -0.15) is 0 Å². The lowest BCUT2D eigenvalue weighted by Crippen LogP contribution is -2.51. The van der Waals surface area contributed by atoms with Gasteiger partial charge >= 0.3 is 5.97 Å². The van der Waals surface area contributed by atoms with Crippen LogP contribution in [0.1, 0.15) is 24.1 Å². The number of piperazine rings is 1. The first-order valence-electron chi connectivity index (χ1n) is 9.13. The lowest BCUT2D eigenvalue weighted by atomic mass is 9.96. The van der Waals surface area contributed by atoms with Gasteiger partial charge in [0.1, 0.15) is 17.6 Å². The van der Waals surface area contributed by atoms with E-state index in [4.69, 9.17) is 5.11 Å². The van der Waals surface area contributed by atoms with Gasteiger partial charge in [-0.15, -0.1) is 0 Å². The van der Waals surface area contributed by atoms with Gasteiger partial charge in [-0.3, -0.25) is 14.5 Å². The highest BCUT2D eigenvalue weighted by Crippen LogP contribution is 2.30. The van der Waals surface area contributed by atoms with Crippen LogP contribution in [-0.2, 0) is 9.59 Å². The van der Waals surface area contributed by atoms with Crippen molar-refractivity contribution in [3.05, 3.63) is 71.3 Å². The number of carbonyl (C=O) groups is 2. The van der Waals surface area contributed by atoms with Crippen LogP contribution >= 0.6 is 0 Å². The highest BCUT2D eigenvalue weighted by molar-refractivity contribution is 5.96. The van der Waals surface area contributed by atoms with Gasteiger partial charge in [0.15, 0.2) is 0 Å². The largest absolute Gasteiger partial charge is 0.481 e. The van der Waals surface area contributed by atoms with Crippen molar-refractivity contribution in [2.45, 2.75) is 13.0 Å². The van der Waals surface area contributed by atoms with Crippen molar-refractivity contribution >= 4 is 11.9 Å². The molecule has 2 aromatic rings. The van der Waals surface area contributed by atoms with E-state index in [9.17, 15) is 18.4 Å². The number of amides is 1. The van der Waals surface area contributed by atoms with Gasteiger partial charge in [0.05, 0.1) is 6.04 Å². The molecule has 0 aliphatic carbocycles. The molecule has 28 heavy (non-hydrogen) atoms. The Morgan fingerprint density at radius 3 is 1.68 bits per heavy atom. The van der Waals surface area contributed by atoms with E-state index < -0.39 is 17.8 Å². The summed E-state index contributed by atoms with van der Waals surface area (Å²) in [5.74, 6) is -3.27. The summed E-state index contributed by atoms with van der Waals surface area (Å²) < 4.78 is 26.7. The molecular formula is C21H22F2N2O3. The Kier molecular flexibility index (Phi) is 6.04. The van der Waals surface area contributed by atoms with Crippen molar-refractivity contribution in [1.82, 2.24) is 9.80 Å². The SMILES string of the molecule is CC(C(=O)O)C(=O)N1CCN(C(c2ccc(F)cc2)c2ccc(F)cc2)CC1. The minimum atomic E-state index is -1.14. The second kappa shape index (κ2) is 8.48. The Balaban J connectivity index is 1.80. The van der Waals surface area contributed by atoms with E-state index in [-0.39, 0.29) is 17.7 Å². The molecule has 1 aliphatic rings. The predicted octanol–water partition coefficient (Wildman–Crippen LogP) is 2.92. The summed E-state index contributed by atoms with van der Waals surface area (Å²) in [6.07, 6.45) is 0. The minimum Gasteiger partial charge on any atom is -0.481 e. The zero-order chi connectivity index (χ0) is 20.3. The summed E-state index contributed by atoms with van der Waals surface area (Å²) in [7, 11) is 0. The molecule has 3 rings (SSSR count). The Morgan fingerprint density at radius 2 is 1.29 bits per heavy atom. The monoisotopic (exact) mass is 388 g/mol. The molecule has 1 heterocycles. The van der Waals surface area contributed by atoms with E-state index >= 15 is 0 Å². The standard InChI is InChI=1S/C21H22F2N2O3/c1-14(21(27)28)20(26)25-12-10-24(11-13-25)19(15-2-6-17(22)7-3-15)16-4-8-18(23)9-5-16/h2-9,14,19H,10-13H2,1H3,(H,27,28). The van der Waals surface area contributed by atoms with Crippen molar-refractivity contribution in [2.24, 2.45) is 5.92 Å². The van der Waals surface area contributed by atoms with Crippen LogP contribution in [0.4, 0.5) is 8.78 Å². The Hall–Kier alpha value is -2.80. The van der Waals surface area contributed by atoms with E-state index in [1.54, 1.807) is 29.2 Å². The van der Waals surface area contributed by atoms with Crippen LogP contribution in [0.2, 0.25) is 0 Å². The molecule has 0 aromatic heterocycles. The molecule has 0 radical (unpaired) electrons. The van der Waals surface area contributed by atoms with E-state index in [2.05, 4.69) is 4.90 Å². The van der Waals surface area contributed by atoms with Gasteiger partial charge in [-0.05, 0) is 42.3 Å². The maximum atomic E-state index is 13.4. The lowest BCUT2D eigenvalue weighted by molar-refractivity contribution is -0.151. The van der Waals surface area contributed by atoms with Crippen molar-refractivity contribution in [2.75, 3.05) is 26.2 Å². The van der Waals surface area contributed by atoms with Gasteiger partial charge in [-0.1, -0.05) is 24.3 Å².